The van der Waals surface area contributed by atoms with Crippen molar-refractivity contribution in [2.24, 2.45) is 0 Å². The fourth-order valence-corrected chi connectivity index (χ4v) is 2.75. The van der Waals surface area contributed by atoms with E-state index in [9.17, 15) is 0 Å². The van der Waals surface area contributed by atoms with E-state index < -0.39 is 0 Å². The molecule has 0 bridgehead atoms. The first-order chi connectivity index (χ1) is 8.85. The minimum atomic E-state index is 0.892. The molecule has 0 N–H and O–H groups in total. The first-order valence-electron chi connectivity index (χ1n) is 6.42. The molecule has 0 radical (unpaired) electrons. The van der Waals surface area contributed by atoms with Gasteiger partial charge in [-0.2, -0.15) is 0 Å². The summed E-state index contributed by atoms with van der Waals surface area (Å²) < 4.78 is 5.76. The highest BCUT2D eigenvalue weighted by atomic mass is 31.0. The molecule has 1 atom stereocenters. The molecular formula is C15H18NOP. The highest BCUT2D eigenvalue weighted by Gasteiger charge is 2.16. The van der Waals surface area contributed by atoms with Crippen molar-refractivity contribution >= 4 is 9.24 Å². The molecule has 0 aliphatic carbocycles. The normalized spacial score (nSPS) is 15.6. The minimum Gasteiger partial charge on any atom is -0.464 e. The molecule has 0 saturated heterocycles. The van der Waals surface area contributed by atoms with Gasteiger partial charge in [-0.15, -0.1) is 9.24 Å². The second kappa shape index (κ2) is 5.26. The highest BCUT2D eigenvalue weighted by Crippen LogP contribution is 2.21. The summed E-state index contributed by atoms with van der Waals surface area (Å²) >= 11 is 0. The molecule has 2 heterocycles. The van der Waals surface area contributed by atoms with Crippen molar-refractivity contribution in [3.63, 3.8) is 0 Å². The highest BCUT2D eigenvalue weighted by molar-refractivity contribution is 7.15. The number of nitrogens with zero attached hydrogens (tertiary/aromatic N) is 1. The lowest BCUT2D eigenvalue weighted by molar-refractivity contribution is 0.224. The summed E-state index contributed by atoms with van der Waals surface area (Å²) in [6.45, 7) is 3.07. The third kappa shape index (κ3) is 2.50. The van der Waals surface area contributed by atoms with Crippen LogP contribution in [0.5, 0.6) is 0 Å². The summed E-state index contributed by atoms with van der Waals surface area (Å²) in [7, 11) is 2.70. The molecule has 2 nitrogen and oxygen atoms in total. The van der Waals surface area contributed by atoms with Gasteiger partial charge in [0, 0.05) is 19.3 Å². The molecule has 18 heavy (non-hydrogen) atoms. The van der Waals surface area contributed by atoms with Crippen LogP contribution in [-0.2, 0) is 25.7 Å². The van der Waals surface area contributed by atoms with Gasteiger partial charge < -0.3 is 4.42 Å². The van der Waals surface area contributed by atoms with Crippen LogP contribution in [0.2, 0.25) is 0 Å². The first-order valence-corrected chi connectivity index (χ1v) is 7.23. The van der Waals surface area contributed by atoms with E-state index in [1.807, 2.05) is 0 Å². The zero-order chi connectivity index (χ0) is 12.4. The molecule has 1 aliphatic rings. The maximum absolute atomic E-state index is 5.76. The Hall–Kier alpha value is -1.11. The molecule has 1 aromatic carbocycles. The number of furan rings is 1. The number of fused-ring (bicyclic) bond motifs is 1. The van der Waals surface area contributed by atoms with E-state index in [-0.39, 0.29) is 0 Å². The van der Waals surface area contributed by atoms with Crippen LogP contribution in [0.3, 0.4) is 0 Å². The molecule has 0 fully saturated rings. The van der Waals surface area contributed by atoms with Crippen LogP contribution in [0.25, 0.3) is 0 Å². The molecule has 3 heteroatoms. The van der Waals surface area contributed by atoms with Gasteiger partial charge in [0.2, 0.25) is 0 Å². The lowest BCUT2D eigenvalue weighted by Gasteiger charge is -2.27. The number of rotatable bonds is 3. The summed E-state index contributed by atoms with van der Waals surface area (Å²) in [6, 6.07) is 12.9. The third-order valence-electron chi connectivity index (χ3n) is 3.51. The molecule has 1 aliphatic heterocycles. The minimum absolute atomic E-state index is 0.892. The Labute approximate surface area is 110 Å². The summed E-state index contributed by atoms with van der Waals surface area (Å²) in [4.78, 5) is 2.45. The maximum Gasteiger partial charge on any atom is 0.118 e. The summed E-state index contributed by atoms with van der Waals surface area (Å²) in [5, 5.41) is 0. The molecule has 94 valence electrons. The molecule has 1 aromatic heterocycles. The van der Waals surface area contributed by atoms with Crippen molar-refractivity contribution in [2.45, 2.75) is 25.7 Å². The smallest absolute Gasteiger partial charge is 0.118 e. The molecule has 1 unspecified atom stereocenters. The van der Waals surface area contributed by atoms with Gasteiger partial charge in [0.05, 0.1) is 6.54 Å². The van der Waals surface area contributed by atoms with E-state index >= 15 is 0 Å². The monoisotopic (exact) mass is 259 g/mol. The summed E-state index contributed by atoms with van der Waals surface area (Å²) in [6.07, 6.45) is 2.04. The van der Waals surface area contributed by atoms with Crippen LogP contribution >= 0.6 is 9.24 Å². The molecule has 0 amide bonds. The Kier molecular flexibility index (Phi) is 3.49. The first kappa shape index (κ1) is 12.0. The number of benzene rings is 1. The van der Waals surface area contributed by atoms with Crippen LogP contribution < -0.4 is 0 Å². The Balaban J connectivity index is 1.69. The van der Waals surface area contributed by atoms with Crippen LogP contribution in [0.15, 0.2) is 40.8 Å². The van der Waals surface area contributed by atoms with Gasteiger partial charge >= 0.3 is 0 Å². The van der Waals surface area contributed by atoms with Gasteiger partial charge in [-0.05, 0) is 29.7 Å². The lowest BCUT2D eigenvalue weighted by Crippen LogP contribution is -2.29. The van der Waals surface area contributed by atoms with Crippen molar-refractivity contribution < 1.29 is 4.42 Å². The fraction of sp³-hybridized carbons (Fsp3) is 0.333. The van der Waals surface area contributed by atoms with E-state index in [1.165, 1.54) is 11.1 Å². The van der Waals surface area contributed by atoms with Crippen molar-refractivity contribution in [2.75, 3.05) is 6.54 Å². The van der Waals surface area contributed by atoms with E-state index in [4.69, 9.17) is 4.42 Å². The van der Waals surface area contributed by atoms with E-state index in [2.05, 4.69) is 50.5 Å². The Bertz CT molecular complexity index is 535. The number of hydrogen-bond acceptors (Lipinski definition) is 2. The van der Waals surface area contributed by atoms with Crippen LogP contribution in [-0.4, -0.2) is 11.4 Å². The van der Waals surface area contributed by atoms with Gasteiger partial charge in [0.15, 0.2) is 0 Å². The Morgan fingerprint density at radius 1 is 1.06 bits per heavy atom. The van der Waals surface area contributed by atoms with E-state index in [0.717, 1.165) is 43.7 Å². The van der Waals surface area contributed by atoms with E-state index in [0.29, 0.717) is 0 Å². The molecule has 3 rings (SSSR count). The predicted octanol–water partition coefficient (Wildman–Crippen LogP) is 3.21. The average molecular weight is 259 g/mol. The van der Waals surface area contributed by atoms with Crippen molar-refractivity contribution in [3.05, 3.63) is 59.0 Å². The summed E-state index contributed by atoms with van der Waals surface area (Å²) in [5.74, 6) is 2.12. The van der Waals surface area contributed by atoms with Gasteiger partial charge in [-0.1, -0.05) is 24.3 Å². The Morgan fingerprint density at radius 2 is 1.83 bits per heavy atom. The maximum atomic E-state index is 5.76. The fourth-order valence-electron chi connectivity index (χ4n) is 2.53. The van der Waals surface area contributed by atoms with Crippen molar-refractivity contribution in [3.8, 4) is 0 Å². The zero-order valence-electron chi connectivity index (χ0n) is 10.4. The second-order valence-electron chi connectivity index (χ2n) is 4.80. The van der Waals surface area contributed by atoms with Crippen molar-refractivity contribution in [1.29, 1.82) is 0 Å². The van der Waals surface area contributed by atoms with Crippen LogP contribution in [0.1, 0.15) is 22.6 Å². The Morgan fingerprint density at radius 3 is 2.61 bits per heavy atom. The van der Waals surface area contributed by atoms with Gasteiger partial charge in [0.1, 0.15) is 11.5 Å². The standard InChI is InChI=1S/C15H18NOP/c18-11-15-6-5-14(17-15)10-16-8-7-12-3-1-2-4-13(12)9-16/h1-6H,7-11,18H2. The average Bonchev–Trinajstić information content (AvgIpc) is 2.86. The van der Waals surface area contributed by atoms with Gasteiger partial charge in [-0.25, -0.2) is 0 Å². The zero-order valence-corrected chi connectivity index (χ0v) is 11.6. The molecular weight excluding hydrogens is 241 g/mol. The SMILES string of the molecule is PCc1ccc(CN2CCc3ccccc3C2)o1. The lowest BCUT2D eigenvalue weighted by atomic mass is 10.00. The molecule has 0 saturated carbocycles. The van der Waals surface area contributed by atoms with E-state index in [1.54, 1.807) is 0 Å². The topological polar surface area (TPSA) is 16.4 Å². The van der Waals surface area contributed by atoms with Crippen LogP contribution in [0.4, 0.5) is 0 Å². The van der Waals surface area contributed by atoms with Crippen LogP contribution in [0, 0.1) is 0 Å². The van der Waals surface area contributed by atoms with Gasteiger partial charge in [0.25, 0.3) is 0 Å². The van der Waals surface area contributed by atoms with Crippen molar-refractivity contribution in [1.82, 2.24) is 4.90 Å². The third-order valence-corrected chi connectivity index (χ3v) is 3.91. The predicted molar refractivity (Wildman–Crippen MR) is 76.4 cm³/mol. The second-order valence-corrected chi connectivity index (χ2v) is 5.21. The summed E-state index contributed by atoms with van der Waals surface area (Å²) in [5.41, 5.74) is 2.96. The van der Waals surface area contributed by atoms with Gasteiger partial charge in [-0.3, -0.25) is 4.90 Å². The molecule has 0 spiro atoms. The number of hydrogen-bond donors (Lipinski definition) is 0. The quantitative estimate of drug-likeness (QED) is 0.787. The molecule has 2 aromatic rings. The largest absolute Gasteiger partial charge is 0.464 e.